The van der Waals surface area contributed by atoms with Crippen LogP contribution in [0.4, 0.5) is 0 Å². The van der Waals surface area contributed by atoms with E-state index < -0.39 is 0 Å². The molecule has 2 N–H and O–H groups in total. The molecule has 1 fully saturated rings. The maximum Gasteiger partial charge on any atom is 0.0595 e. The molecule has 1 aromatic rings. The second-order valence-electron chi connectivity index (χ2n) is 6.16. The predicted molar refractivity (Wildman–Crippen MR) is 84.6 cm³/mol. The average Bonchev–Trinajstić information content (AvgIpc) is 2.99. The van der Waals surface area contributed by atoms with Gasteiger partial charge in [-0.2, -0.15) is 0 Å². The average molecular weight is 280 g/mol. The van der Waals surface area contributed by atoms with Gasteiger partial charge in [0, 0.05) is 21.8 Å². The fourth-order valence-corrected chi connectivity index (χ4v) is 4.41. The smallest absolute Gasteiger partial charge is 0.0595 e. The molecule has 0 aromatic carbocycles. The number of rotatable bonds is 5. The van der Waals surface area contributed by atoms with Crippen LogP contribution in [0.5, 0.6) is 0 Å². The summed E-state index contributed by atoms with van der Waals surface area (Å²) in [4.78, 5) is 5.53. The number of nitrogens with two attached hydrogens (primary N) is 1. The van der Waals surface area contributed by atoms with Crippen LogP contribution in [0.25, 0.3) is 0 Å². The molecule has 2 rings (SSSR count). The third kappa shape index (κ3) is 3.21. The molecule has 2 heterocycles. The Labute approximate surface area is 122 Å². The summed E-state index contributed by atoms with van der Waals surface area (Å²) in [6, 6.07) is 5.88. The molecule has 2 nitrogen and oxygen atoms in total. The Morgan fingerprint density at radius 2 is 2.16 bits per heavy atom. The molecule has 3 atom stereocenters. The van der Waals surface area contributed by atoms with Gasteiger partial charge in [0.15, 0.2) is 0 Å². The molecular weight excluding hydrogens is 252 g/mol. The highest BCUT2D eigenvalue weighted by Crippen LogP contribution is 2.37. The van der Waals surface area contributed by atoms with E-state index in [0.717, 1.165) is 12.3 Å². The highest BCUT2D eigenvalue weighted by atomic mass is 32.1. The summed E-state index contributed by atoms with van der Waals surface area (Å²) in [5.74, 6) is 0.718. The van der Waals surface area contributed by atoms with Crippen molar-refractivity contribution >= 4 is 11.3 Å². The minimum atomic E-state index is 0.248. The normalized spacial score (nSPS) is 24.0. The summed E-state index contributed by atoms with van der Waals surface area (Å²) in [6.45, 7) is 10.3. The summed E-state index contributed by atoms with van der Waals surface area (Å²) in [5, 5.41) is 0. The molecule has 3 unspecified atom stereocenters. The van der Waals surface area contributed by atoms with E-state index in [9.17, 15) is 0 Å². The maximum atomic E-state index is 6.47. The molecule has 1 aromatic heterocycles. The van der Waals surface area contributed by atoms with Crippen molar-refractivity contribution in [2.45, 2.75) is 65.1 Å². The lowest BCUT2D eigenvalue weighted by Crippen LogP contribution is -2.44. The third-order valence-electron chi connectivity index (χ3n) is 4.40. The maximum absolute atomic E-state index is 6.47. The van der Waals surface area contributed by atoms with Crippen LogP contribution in [0, 0.1) is 12.8 Å². The molecule has 0 aliphatic carbocycles. The summed E-state index contributed by atoms with van der Waals surface area (Å²) in [5.41, 5.74) is 6.47. The van der Waals surface area contributed by atoms with Crippen molar-refractivity contribution in [1.29, 1.82) is 0 Å². The van der Waals surface area contributed by atoms with Crippen molar-refractivity contribution < 1.29 is 0 Å². The minimum Gasteiger partial charge on any atom is -0.326 e. The number of thiophene rings is 1. The zero-order valence-electron chi connectivity index (χ0n) is 12.7. The fourth-order valence-electron chi connectivity index (χ4n) is 3.33. The van der Waals surface area contributed by atoms with Gasteiger partial charge in [-0.25, -0.2) is 0 Å². The van der Waals surface area contributed by atoms with Crippen molar-refractivity contribution in [1.82, 2.24) is 4.90 Å². The van der Waals surface area contributed by atoms with Gasteiger partial charge in [0.2, 0.25) is 0 Å². The van der Waals surface area contributed by atoms with E-state index in [4.69, 9.17) is 5.73 Å². The topological polar surface area (TPSA) is 29.3 Å². The van der Waals surface area contributed by atoms with Crippen LogP contribution < -0.4 is 5.73 Å². The summed E-state index contributed by atoms with van der Waals surface area (Å²) < 4.78 is 0. The first-order valence-electron chi connectivity index (χ1n) is 7.62. The number of likely N-dealkylation sites (tertiary alicyclic amines) is 1. The third-order valence-corrected chi connectivity index (χ3v) is 5.47. The van der Waals surface area contributed by atoms with Gasteiger partial charge in [0.25, 0.3) is 0 Å². The second kappa shape index (κ2) is 6.38. The number of hydrogen-bond donors (Lipinski definition) is 1. The monoisotopic (exact) mass is 280 g/mol. The summed E-state index contributed by atoms with van der Waals surface area (Å²) in [6.07, 6.45) is 3.69. The van der Waals surface area contributed by atoms with Crippen molar-refractivity contribution in [2.75, 3.05) is 6.54 Å². The van der Waals surface area contributed by atoms with Gasteiger partial charge >= 0.3 is 0 Å². The van der Waals surface area contributed by atoms with Crippen LogP contribution in [-0.4, -0.2) is 23.5 Å². The van der Waals surface area contributed by atoms with E-state index >= 15 is 0 Å². The van der Waals surface area contributed by atoms with Gasteiger partial charge in [-0.15, -0.1) is 11.3 Å². The zero-order chi connectivity index (χ0) is 14.0. The van der Waals surface area contributed by atoms with Gasteiger partial charge < -0.3 is 5.73 Å². The SMILES string of the molecule is CCC(N)C(c1ccc(C)s1)N1CCCC1C(C)C. The molecule has 3 heteroatoms. The van der Waals surface area contributed by atoms with E-state index in [0.29, 0.717) is 12.1 Å². The molecule has 1 saturated heterocycles. The van der Waals surface area contributed by atoms with Crippen molar-refractivity contribution in [3.8, 4) is 0 Å². The van der Waals surface area contributed by atoms with Crippen LogP contribution in [-0.2, 0) is 0 Å². The van der Waals surface area contributed by atoms with Crippen LogP contribution in [0.1, 0.15) is 55.8 Å². The molecule has 0 saturated carbocycles. The molecule has 1 aliphatic heterocycles. The summed E-state index contributed by atoms with van der Waals surface area (Å²) >= 11 is 1.92. The Balaban J connectivity index is 2.27. The van der Waals surface area contributed by atoms with E-state index in [1.165, 1.54) is 29.1 Å². The van der Waals surface area contributed by atoms with Gasteiger partial charge in [0.1, 0.15) is 0 Å². The van der Waals surface area contributed by atoms with Crippen LogP contribution in [0.2, 0.25) is 0 Å². The highest BCUT2D eigenvalue weighted by Gasteiger charge is 2.36. The van der Waals surface area contributed by atoms with Crippen LogP contribution in [0.15, 0.2) is 12.1 Å². The molecule has 0 radical (unpaired) electrons. The second-order valence-corrected chi connectivity index (χ2v) is 7.48. The Morgan fingerprint density at radius 1 is 1.42 bits per heavy atom. The molecule has 19 heavy (non-hydrogen) atoms. The van der Waals surface area contributed by atoms with E-state index in [1.54, 1.807) is 0 Å². The summed E-state index contributed by atoms with van der Waals surface area (Å²) in [7, 11) is 0. The van der Waals surface area contributed by atoms with E-state index in [-0.39, 0.29) is 6.04 Å². The first kappa shape index (κ1) is 15.0. The van der Waals surface area contributed by atoms with Gasteiger partial charge in [-0.05, 0) is 50.8 Å². The van der Waals surface area contributed by atoms with Gasteiger partial charge in [-0.3, -0.25) is 4.90 Å². The zero-order valence-corrected chi connectivity index (χ0v) is 13.5. The molecule has 0 amide bonds. The standard InChI is InChI=1S/C16H28N2S/c1-5-13(17)16(15-9-8-12(4)19-15)18-10-6-7-14(18)11(2)3/h8-9,11,13-14,16H,5-7,10,17H2,1-4H3. The molecular formula is C16H28N2S. The van der Waals surface area contributed by atoms with Crippen molar-refractivity contribution in [2.24, 2.45) is 11.7 Å². The highest BCUT2D eigenvalue weighted by molar-refractivity contribution is 7.12. The Morgan fingerprint density at radius 3 is 2.68 bits per heavy atom. The lowest BCUT2D eigenvalue weighted by Gasteiger charge is -2.37. The van der Waals surface area contributed by atoms with Crippen molar-refractivity contribution in [3.63, 3.8) is 0 Å². The van der Waals surface area contributed by atoms with Crippen LogP contribution in [0.3, 0.4) is 0 Å². The largest absolute Gasteiger partial charge is 0.326 e. The molecule has 108 valence electrons. The lowest BCUT2D eigenvalue weighted by atomic mass is 9.97. The van der Waals surface area contributed by atoms with Gasteiger partial charge in [-0.1, -0.05) is 20.8 Å². The van der Waals surface area contributed by atoms with Crippen molar-refractivity contribution in [3.05, 3.63) is 21.9 Å². The van der Waals surface area contributed by atoms with Crippen LogP contribution >= 0.6 is 11.3 Å². The Kier molecular flexibility index (Phi) is 5.04. The number of aryl methyl sites for hydroxylation is 1. The van der Waals surface area contributed by atoms with E-state index in [2.05, 4.69) is 44.7 Å². The first-order valence-corrected chi connectivity index (χ1v) is 8.44. The fraction of sp³-hybridized carbons (Fsp3) is 0.750. The first-order chi connectivity index (χ1) is 9.04. The molecule has 0 spiro atoms. The molecule has 0 bridgehead atoms. The number of nitrogens with zero attached hydrogens (tertiary/aromatic N) is 1. The lowest BCUT2D eigenvalue weighted by molar-refractivity contribution is 0.127. The number of hydrogen-bond acceptors (Lipinski definition) is 3. The minimum absolute atomic E-state index is 0.248. The van der Waals surface area contributed by atoms with Gasteiger partial charge in [0.05, 0.1) is 6.04 Å². The Hall–Kier alpha value is -0.380. The van der Waals surface area contributed by atoms with E-state index in [1.807, 2.05) is 11.3 Å². The quantitative estimate of drug-likeness (QED) is 0.884. The molecule has 1 aliphatic rings. The Bertz CT molecular complexity index is 399. The predicted octanol–water partition coefficient (Wildman–Crippen LogP) is 3.96.